The summed E-state index contributed by atoms with van der Waals surface area (Å²) in [6.07, 6.45) is 1.05. The lowest BCUT2D eigenvalue weighted by molar-refractivity contribution is 0.393. The van der Waals surface area contributed by atoms with Crippen molar-refractivity contribution in [2.75, 3.05) is 7.11 Å². The van der Waals surface area contributed by atoms with Crippen molar-refractivity contribution in [1.82, 2.24) is 9.97 Å². The summed E-state index contributed by atoms with van der Waals surface area (Å²) in [5, 5.41) is 0. The van der Waals surface area contributed by atoms with E-state index in [1.54, 1.807) is 7.11 Å². The van der Waals surface area contributed by atoms with E-state index in [9.17, 15) is 0 Å². The molecule has 0 aliphatic heterocycles. The average molecular weight is 273 g/mol. The zero-order valence-corrected chi connectivity index (χ0v) is 11.2. The fourth-order valence-corrected chi connectivity index (χ4v) is 2.27. The molecule has 0 N–H and O–H groups in total. The van der Waals surface area contributed by atoms with Crippen molar-refractivity contribution >= 4 is 15.9 Å². The van der Waals surface area contributed by atoms with Crippen LogP contribution in [0.3, 0.4) is 0 Å². The van der Waals surface area contributed by atoms with Crippen molar-refractivity contribution in [3.8, 4) is 5.88 Å². The Kier molecular flexibility index (Phi) is 4.51. The van der Waals surface area contributed by atoms with Crippen LogP contribution in [-0.4, -0.2) is 21.9 Å². The molecule has 0 saturated heterocycles. The molecule has 0 bridgehead atoms. The van der Waals surface area contributed by atoms with Gasteiger partial charge in [0.15, 0.2) is 0 Å². The number of halogens is 1. The number of hydrogen-bond acceptors (Lipinski definition) is 3. The molecular formula is C11H17BrN2O. The summed E-state index contributed by atoms with van der Waals surface area (Å²) >= 11 is 3.61. The van der Waals surface area contributed by atoms with Gasteiger partial charge in [0, 0.05) is 16.8 Å². The highest BCUT2D eigenvalue weighted by Crippen LogP contribution is 2.28. The molecule has 0 aliphatic rings. The van der Waals surface area contributed by atoms with E-state index in [1.807, 2.05) is 13.0 Å². The van der Waals surface area contributed by atoms with Crippen LogP contribution in [0.2, 0.25) is 0 Å². The van der Waals surface area contributed by atoms with E-state index >= 15 is 0 Å². The third-order valence-electron chi connectivity index (χ3n) is 2.42. The molecule has 0 fully saturated rings. The summed E-state index contributed by atoms with van der Waals surface area (Å²) in [6, 6.07) is 1.92. The molecule has 0 saturated carbocycles. The fourth-order valence-electron chi connectivity index (χ4n) is 1.63. The lowest BCUT2D eigenvalue weighted by atomic mass is 9.99. The third-order valence-corrected chi connectivity index (χ3v) is 3.06. The Balaban J connectivity index is 3.06. The third kappa shape index (κ3) is 3.16. The van der Waals surface area contributed by atoms with E-state index < -0.39 is 0 Å². The van der Waals surface area contributed by atoms with Gasteiger partial charge < -0.3 is 4.74 Å². The van der Waals surface area contributed by atoms with Crippen LogP contribution in [0.5, 0.6) is 5.88 Å². The second-order valence-electron chi connectivity index (χ2n) is 3.57. The van der Waals surface area contributed by atoms with E-state index in [2.05, 4.69) is 39.7 Å². The quantitative estimate of drug-likeness (QED) is 0.791. The molecule has 0 aromatic carbocycles. The highest BCUT2D eigenvalue weighted by Gasteiger charge is 2.17. The minimum atomic E-state index is 0.403. The van der Waals surface area contributed by atoms with E-state index in [0.717, 1.165) is 17.9 Å². The SMILES string of the molecule is CCC(c1cc(OC)nc(C)n1)C(C)Br. The molecular weight excluding hydrogens is 256 g/mol. The second kappa shape index (κ2) is 5.45. The highest BCUT2D eigenvalue weighted by atomic mass is 79.9. The van der Waals surface area contributed by atoms with Crippen molar-refractivity contribution in [3.63, 3.8) is 0 Å². The van der Waals surface area contributed by atoms with Crippen LogP contribution in [-0.2, 0) is 0 Å². The number of rotatable bonds is 4. The number of hydrogen-bond donors (Lipinski definition) is 0. The zero-order valence-electron chi connectivity index (χ0n) is 9.62. The molecule has 0 spiro atoms. The van der Waals surface area contributed by atoms with Gasteiger partial charge >= 0.3 is 0 Å². The van der Waals surface area contributed by atoms with E-state index in [0.29, 0.717) is 16.6 Å². The van der Waals surface area contributed by atoms with Crippen LogP contribution in [0.1, 0.15) is 37.7 Å². The van der Waals surface area contributed by atoms with Crippen LogP contribution in [0, 0.1) is 6.92 Å². The first-order valence-corrected chi connectivity index (χ1v) is 6.03. The maximum atomic E-state index is 5.14. The number of alkyl halides is 1. The van der Waals surface area contributed by atoms with Crippen molar-refractivity contribution in [2.45, 2.75) is 37.9 Å². The van der Waals surface area contributed by atoms with Crippen molar-refractivity contribution < 1.29 is 4.74 Å². The first-order valence-electron chi connectivity index (χ1n) is 5.12. The summed E-state index contributed by atoms with van der Waals surface area (Å²) in [6.45, 7) is 6.18. The van der Waals surface area contributed by atoms with Gasteiger partial charge in [-0.1, -0.05) is 29.8 Å². The average Bonchev–Trinajstić information content (AvgIpc) is 2.17. The molecule has 0 amide bonds. The predicted molar refractivity (Wildman–Crippen MR) is 64.7 cm³/mol. The van der Waals surface area contributed by atoms with Gasteiger partial charge in [-0.25, -0.2) is 4.98 Å². The molecule has 1 aromatic rings. The fraction of sp³-hybridized carbons (Fsp3) is 0.636. The standard InChI is InChI=1S/C11H17BrN2O/c1-5-9(7(2)12)10-6-11(15-4)14-8(3)13-10/h6-7,9H,5H2,1-4H3. The van der Waals surface area contributed by atoms with Gasteiger partial charge in [0.1, 0.15) is 5.82 Å². The van der Waals surface area contributed by atoms with Gasteiger partial charge in [-0.05, 0) is 13.3 Å². The molecule has 1 aromatic heterocycles. The molecule has 4 heteroatoms. The van der Waals surface area contributed by atoms with Crippen molar-refractivity contribution in [1.29, 1.82) is 0 Å². The molecule has 84 valence electrons. The number of aromatic nitrogens is 2. The topological polar surface area (TPSA) is 35.0 Å². The maximum Gasteiger partial charge on any atom is 0.216 e. The lowest BCUT2D eigenvalue weighted by Gasteiger charge is -2.17. The number of methoxy groups -OCH3 is 1. The highest BCUT2D eigenvalue weighted by molar-refractivity contribution is 9.09. The van der Waals surface area contributed by atoms with E-state index in [1.165, 1.54) is 0 Å². The van der Waals surface area contributed by atoms with Crippen LogP contribution in [0.4, 0.5) is 0 Å². The molecule has 15 heavy (non-hydrogen) atoms. The Labute approximate surface area is 99.4 Å². The van der Waals surface area contributed by atoms with Gasteiger partial charge in [0.2, 0.25) is 5.88 Å². The molecule has 0 aliphatic carbocycles. The molecule has 1 rings (SSSR count). The second-order valence-corrected chi connectivity index (χ2v) is 5.02. The van der Waals surface area contributed by atoms with Gasteiger partial charge in [0.05, 0.1) is 12.8 Å². The number of nitrogens with zero attached hydrogens (tertiary/aromatic N) is 2. The monoisotopic (exact) mass is 272 g/mol. The summed E-state index contributed by atoms with van der Waals surface area (Å²) in [7, 11) is 1.63. The lowest BCUT2D eigenvalue weighted by Crippen LogP contribution is -2.11. The maximum absolute atomic E-state index is 5.14. The molecule has 2 atom stereocenters. The van der Waals surface area contributed by atoms with E-state index in [4.69, 9.17) is 4.74 Å². The summed E-state index contributed by atoms with van der Waals surface area (Å²) in [4.78, 5) is 9.04. The van der Waals surface area contributed by atoms with Gasteiger partial charge in [0.25, 0.3) is 0 Å². The Hall–Kier alpha value is -0.640. The minimum Gasteiger partial charge on any atom is -0.481 e. The molecule has 2 unspecified atom stereocenters. The Morgan fingerprint density at radius 3 is 2.60 bits per heavy atom. The minimum absolute atomic E-state index is 0.403. The molecule has 0 radical (unpaired) electrons. The molecule has 1 heterocycles. The number of ether oxygens (including phenoxy) is 1. The van der Waals surface area contributed by atoms with Crippen molar-refractivity contribution in [2.24, 2.45) is 0 Å². The summed E-state index contributed by atoms with van der Waals surface area (Å²) in [5.41, 5.74) is 1.05. The van der Waals surface area contributed by atoms with Crippen molar-refractivity contribution in [3.05, 3.63) is 17.6 Å². The largest absolute Gasteiger partial charge is 0.481 e. The Morgan fingerprint density at radius 2 is 2.13 bits per heavy atom. The van der Waals surface area contributed by atoms with Gasteiger partial charge in [-0.15, -0.1) is 0 Å². The smallest absolute Gasteiger partial charge is 0.216 e. The van der Waals surface area contributed by atoms with Gasteiger partial charge in [-0.2, -0.15) is 4.98 Å². The van der Waals surface area contributed by atoms with Crippen LogP contribution >= 0.6 is 15.9 Å². The van der Waals surface area contributed by atoms with Crippen LogP contribution in [0.25, 0.3) is 0 Å². The molecule has 3 nitrogen and oxygen atoms in total. The normalized spacial score (nSPS) is 14.7. The first kappa shape index (κ1) is 12.4. The summed E-state index contributed by atoms with van der Waals surface area (Å²) < 4.78 is 5.14. The number of aryl methyl sites for hydroxylation is 1. The zero-order chi connectivity index (χ0) is 11.4. The first-order chi connectivity index (χ1) is 7.08. The van der Waals surface area contributed by atoms with Crippen LogP contribution < -0.4 is 4.74 Å². The Morgan fingerprint density at radius 1 is 1.47 bits per heavy atom. The van der Waals surface area contributed by atoms with Gasteiger partial charge in [-0.3, -0.25) is 0 Å². The predicted octanol–water partition coefficient (Wildman–Crippen LogP) is 3.07. The van der Waals surface area contributed by atoms with Crippen LogP contribution in [0.15, 0.2) is 6.07 Å². The Bertz CT molecular complexity index is 328. The summed E-state index contributed by atoms with van der Waals surface area (Å²) in [5.74, 6) is 1.81. The van der Waals surface area contributed by atoms with E-state index in [-0.39, 0.29) is 0 Å².